The number of hydrogen-bond acceptors (Lipinski definition) is 6. The van der Waals surface area contributed by atoms with Gasteiger partial charge in [0.25, 0.3) is 11.6 Å². The van der Waals surface area contributed by atoms with Crippen molar-refractivity contribution in [2.75, 3.05) is 0 Å². The zero-order valence-corrected chi connectivity index (χ0v) is 11.0. The fourth-order valence-electron chi connectivity index (χ4n) is 1.97. The van der Waals surface area contributed by atoms with Crippen LogP contribution in [0.1, 0.15) is 27.6 Å². The summed E-state index contributed by atoms with van der Waals surface area (Å²) >= 11 is 0. The van der Waals surface area contributed by atoms with Gasteiger partial charge in [0.15, 0.2) is 0 Å². The van der Waals surface area contributed by atoms with Crippen molar-refractivity contribution in [3.05, 3.63) is 35.2 Å². The summed E-state index contributed by atoms with van der Waals surface area (Å²) in [7, 11) is 0. The van der Waals surface area contributed by atoms with E-state index in [0.717, 1.165) is 0 Å². The Bertz CT molecular complexity index is 762. The van der Waals surface area contributed by atoms with Crippen LogP contribution in [0.4, 0.5) is 0 Å². The molecule has 0 atom stereocenters. The molecule has 3 rings (SSSR count). The zero-order valence-electron chi connectivity index (χ0n) is 11.0. The number of rotatable bonds is 3. The molecule has 8 nitrogen and oxygen atoms in total. The highest BCUT2D eigenvalue weighted by molar-refractivity contribution is 6.05. The van der Waals surface area contributed by atoms with Crippen molar-refractivity contribution < 1.29 is 9.32 Å². The average molecular weight is 272 g/mol. The molecule has 0 unspecified atom stereocenters. The van der Waals surface area contributed by atoms with Crippen LogP contribution < -0.4 is 5.32 Å². The van der Waals surface area contributed by atoms with Crippen LogP contribution in [0, 0.1) is 13.8 Å². The third kappa shape index (κ3) is 2.11. The van der Waals surface area contributed by atoms with Crippen molar-refractivity contribution in [2.24, 2.45) is 0 Å². The van der Waals surface area contributed by atoms with Crippen molar-refractivity contribution in [2.45, 2.75) is 20.4 Å². The molecule has 20 heavy (non-hydrogen) atoms. The van der Waals surface area contributed by atoms with Crippen LogP contribution in [-0.2, 0) is 6.54 Å². The highest BCUT2D eigenvalue weighted by atomic mass is 16.5. The first-order chi connectivity index (χ1) is 9.65. The predicted molar refractivity (Wildman–Crippen MR) is 68.8 cm³/mol. The predicted octanol–water partition coefficient (Wildman–Crippen LogP) is 0.888. The van der Waals surface area contributed by atoms with Gasteiger partial charge in [0.2, 0.25) is 0 Å². The highest BCUT2D eigenvalue weighted by Gasteiger charge is 2.17. The second-order valence-electron chi connectivity index (χ2n) is 4.37. The molecule has 0 fully saturated rings. The molecule has 8 heteroatoms. The zero-order chi connectivity index (χ0) is 14.1. The number of aromatic nitrogens is 5. The van der Waals surface area contributed by atoms with Crippen LogP contribution in [0.25, 0.3) is 11.1 Å². The van der Waals surface area contributed by atoms with Gasteiger partial charge in [-0.15, -0.1) is 0 Å². The summed E-state index contributed by atoms with van der Waals surface area (Å²) in [5.41, 5.74) is 2.19. The summed E-state index contributed by atoms with van der Waals surface area (Å²) < 4.78 is 5.10. The minimum atomic E-state index is -0.233. The minimum absolute atomic E-state index is 0.233. The molecule has 3 aromatic rings. The first kappa shape index (κ1) is 12.3. The van der Waals surface area contributed by atoms with Crippen molar-refractivity contribution in [1.82, 2.24) is 30.6 Å². The number of aryl methyl sites for hydroxylation is 2. The quantitative estimate of drug-likeness (QED) is 0.732. The number of aromatic amines is 1. The van der Waals surface area contributed by atoms with Crippen molar-refractivity contribution >= 4 is 17.0 Å². The molecule has 0 saturated heterocycles. The standard InChI is InChI=1S/C12H12N6O2/c1-6-3-8(10-7(2)18-20-12(10)16-6)11(19)13-4-9-14-5-15-17-9/h3,5H,4H2,1-2H3,(H,13,19)(H,14,15,17). The summed E-state index contributed by atoms with van der Waals surface area (Å²) in [6.07, 6.45) is 1.39. The van der Waals surface area contributed by atoms with Crippen LogP contribution in [0.2, 0.25) is 0 Å². The third-order valence-corrected chi connectivity index (χ3v) is 2.87. The number of hydrogen-bond donors (Lipinski definition) is 2. The number of carbonyl (C=O) groups is 1. The van der Waals surface area contributed by atoms with Crippen LogP contribution in [0.5, 0.6) is 0 Å². The molecule has 0 saturated carbocycles. The molecule has 2 N–H and O–H groups in total. The Kier molecular flexibility index (Phi) is 2.90. The molecule has 0 aliphatic rings. The lowest BCUT2D eigenvalue weighted by Gasteiger charge is -2.05. The summed E-state index contributed by atoms with van der Waals surface area (Å²) in [4.78, 5) is 20.4. The topological polar surface area (TPSA) is 110 Å². The number of nitrogens with one attached hydrogen (secondary N) is 2. The maximum absolute atomic E-state index is 12.3. The summed E-state index contributed by atoms with van der Waals surface area (Å²) in [6, 6.07) is 1.71. The number of pyridine rings is 1. The molecule has 1 amide bonds. The molecule has 3 heterocycles. The van der Waals surface area contributed by atoms with E-state index in [2.05, 4.69) is 30.6 Å². The van der Waals surface area contributed by atoms with Gasteiger partial charge in [-0.05, 0) is 19.9 Å². The number of fused-ring (bicyclic) bond motifs is 1. The number of carbonyl (C=O) groups excluding carboxylic acids is 1. The molecule has 0 aliphatic carbocycles. The highest BCUT2D eigenvalue weighted by Crippen LogP contribution is 2.21. The Labute approximate surface area is 113 Å². The van der Waals surface area contributed by atoms with E-state index >= 15 is 0 Å². The third-order valence-electron chi connectivity index (χ3n) is 2.87. The first-order valence-corrected chi connectivity index (χ1v) is 6.01. The lowest BCUT2D eigenvalue weighted by molar-refractivity contribution is 0.0951. The molecule has 0 radical (unpaired) electrons. The summed E-state index contributed by atoms with van der Waals surface area (Å²) in [6.45, 7) is 3.84. The van der Waals surface area contributed by atoms with Crippen molar-refractivity contribution in [3.8, 4) is 0 Å². The van der Waals surface area contributed by atoms with E-state index in [1.165, 1.54) is 6.33 Å². The fourth-order valence-corrected chi connectivity index (χ4v) is 1.97. The molecule has 3 aromatic heterocycles. The minimum Gasteiger partial charge on any atom is -0.345 e. The van der Waals surface area contributed by atoms with Gasteiger partial charge in [0.05, 0.1) is 23.2 Å². The second-order valence-corrected chi connectivity index (χ2v) is 4.37. The van der Waals surface area contributed by atoms with E-state index in [-0.39, 0.29) is 12.5 Å². The van der Waals surface area contributed by atoms with Gasteiger partial charge in [-0.25, -0.2) is 9.97 Å². The number of amides is 1. The maximum Gasteiger partial charge on any atom is 0.258 e. The monoisotopic (exact) mass is 272 g/mol. The Balaban J connectivity index is 1.92. The Hall–Kier alpha value is -2.77. The molecule has 0 aliphatic heterocycles. The van der Waals surface area contributed by atoms with Crippen LogP contribution in [0.15, 0.2) is 16.9 Å². The van der Waals surface area contributed by atoms with E-state index in [4.69, 9.17) is 4.52 Å². The fraction of sp³-hybridized carbons (Fsp3) is 0.250. The van der Waals surface area contributed by atoms with Crippen LogP contribution in [0.3, 0.4) is 0 Å². The van der Waals surface area contributed by atoms with E-state index in [9.17, 15) is 4.79 Å². The molecule has 102 valence electrons. The van der Waals surface area contributed by atoms with E-state index in [0.29, 0.717) is 33.9 Å². The second kappa shape index (κ2) is 4.72. The smallest absolute Gasteiger partial charge is 0.258 e. The van der Waals surface area contributed by atoms with Gasteiger partial charge >= 0.3 is 0 Å². The van der Waals surface area contributed by atoms with Crippen molar-refractivity contribution in [3.63, 3.8) is 0 Å². The van der Waals surface area contributed by atoms with Gasteiger partial charge in [0.1, 0.15) is 12.2 Å². The molecule has 0 spiro atoms. The van der Waals surface area contributed by atoms with Gasteiger partial charge in [-0.2, -0.15) is 5.10 Å². The van der Waals surface area contributed by atoms with Gasteiger partial charge < -0.3 is 9.84 Å². The van der Waals surface area contributed by atoms with Gasteiger partial charge in [-0.1, -0.05) is 5.16 Å². The van der Waals surface area contributed by atoms with E-state index in [1.807, 2.05) is 0 Å². The summed E-state index contributed by atoms with van der Waals surface area (Å²) in [5, 5.41) is 13.6. The van der Waals surface area contributed by atoms with E-state index in [1.54, 1.807) is 19.9 Å². The lowest BCUT2D eigenvalue weighted by Crippen LogP contribution is -2.24. The Morgan fingerprint density at radius 2 is 2.30 bits per heavy atom. The van der Waals surface area contributed by atoms with Gasteiger partial charge in [0, 0.05) is 5.69 Å². The molecular formula is C12H12N6O2. The van der Waals surface area contributed by atoms with Gasteiger partial charge in [-0.3, -0.25) is 9.89 Å². The summed E-state index contributed by atoms with van der Waals surface area (Å²) in [5.74, 6) is 0.352. The average Bonchev–Trinajstić information content (AvgIpc) is 3.05. The van der Waals surface area contributed by atoms with Crippen LogP contribution in [-0.4, -0.2) is 31.2 Å². The first-order valence-electron chi connectivity index (χ1n) is 6.01. The molecule has 0 aromatic carbocycles. The van der Waals surface area contributed by atoms with E-state index < -0.39 is 0 Å². The normalized spacial score (nSPS) is 10.9. The molecule has 0 bridgehead atoms. The molecular weight excluding hydrogens is 260 g/mol. The number of H-pyrrole nitrogens is 1. The Morgan fingerprint density at radius 3 is 3.05 bits per heavy atom. The largest absolute Gasteiger partial charge is 0.345 e. The number of nitrogens with zero attached hydrogens (tertiary/aromatic N) is 4. The van der Waals surface area contributed by atoms with Crippen LogP contribution >= 0.6 is 0 Å². The SMILES string of the molecule is Cc1cc(C(=O)NCc2ncn[nH]2)c2c(C)noc2n1. The lowest BCUT2D eigenvalue weighted by atomic mass is 10.1. The van der Waals surface area contributed by atoms with Crippen molar-refractivity contribution in [1.29, 1.82) is 0 Å². The maximum atomic E-state index is 12.3. The Morgan fingerprint density at radius 1 is 1.45 bits per heavy atom.